The Balaban J connectivity index is 2.27. The zero-order valence-corrected chi connectivity index (χ0v) is 9.70. The summed E-state index contributed by atoms with van der Waals surface area (Å²) in [6.07, 6.45) is 2.30. The highest BCUT2D eigenvalue weighted by Gasteiger charge is 2.30. The molecule has 2 rings (SSSR count). The van der Waals surface area contributed by atoms with Gasteiger partial charge in [0, 0.05) is 18.7 Å². The molecule has 1 aromatic heterocycles. The van der Waals surface area contributed by atoms with Crippen LogP contribution in [0.25, 0.3) is 0 Å². The first-order valence-corrected chi connectivity index (χ1v) is 5.52. The first-order chi connectivity index (χ1) is 7.52. The number of nitrogens with zero attached hydrogens (tertiary/aromatic N) is 2. The van der Waals surface area contributed by atoms with Gasteiger partial charge in [-0.15, -0.1) is 0 Å². The largest absolute Gasteiger partial charge is 0.392 e. The van der Waals surface area contributed by atoms with Gasteiger partial charge in [-0.2, -0.15) is 0 Å². The quantitative estimate of drug-likeness (QED) is 0.834. The van der Waals surface area contributed by atoms with E-state index in [0.717, 1.165) is 25.3 Å². The third kappa shape index (κ3) is 2.16. The highest BCUT2D eigenvalue weighted by Crippen LogP contribution is 2.33. The van der Waals surface area contributed by atoms with Gasteiger partial charge in [-0.05, 0) is 17.9 Å². The molecule has 0 radical (unpaired) electrons. The van der Waals surface area contributed by atoms with E-state index in [4.69, 9.17) is 0 Å². The van der Waals surface area contributed by atoms with Crippen LogP contribution in [-0.4, -0.2) is 23.2 Å². The fourth-order valence-electron chi connectivity index (χ4n) is 2.17. The Bertz CT molecular complexity index is 393. The maximum Gasteiger partial charge on any atom is 0.142 e. The lowest BCUT2D eigenvalue weighted by Crippen LogP contribution is -2.24. The molecule has 0 bridgehead atoms. The number of hydrogen-bond acceptors (Lipinski definition) is 3. The lowest BCUT2D eigenvalue weighted by molar-refractivity contribution is 0.281. The molecular formula is C12H17FN2O. The number of anilines is 1. The van der Waals surface area contributed by atoms with Crippen LogP contribution in [0.5, 0.6) is 0 Å². The van der Waals surface area contributed by atoms with E-state index in [0.29, 0.717) is 5.56 Å². The van der Waals surface area contributed by atoms with Gasteiger partial charge >= 0.3 is 0 Å². The molecule has 1 saturated heterocycles. The fraction of sp³-hybridized carbons (Fsp3) is 0.583. The molecule has 0 amide bonds. The summed E-state index contributed by atoms with van der Waals surface area (Å²) < 4.78 is 13.0. The molecule has 0 saturated carbocycles. The van der Waals surface area contributed by atoms with Crippen LogP contribution in [0, 0.1) is 11.2 Å². The molecule has 1 aliphatic rings. The summed E-state index contributed by atoms with van der Waals surface area (Å²) in [5.41, 5.74) is 0.834. The van der Waals surface area contributed by atoms with Crippen molar-refractivity contribution in [2.75, 3.05) is 18.0 Å². The number of pyridine rings is 1. The molecule has 16 heavy (non-hydrogen) atoms. The van der Waals surface area contributed by atoms with Crippen molar-refractivity contribution in [1.82, 2.24) is 4.98 Å². The van der Waals surface area contributed by atoms with Gasteiger partial charge in [0.05, 0.1) is 12.8 Å². The first-order valence-electron chi connectivity index (χ1n) is 5.52. The first kappa shape index (κ1) is 11.3. The summed E-state index contributed by atoms with van der Waals surface area (Å²) in [5, 5.41) is 9.20. The zero-order valence-electron chi connectivity index (χ0n) is 9.70. The maximum atomic E-state index is 13.0. The topological polar surface area (TPSA) is 36.4 Å². The fourth-order valence-corrected chi connectivity index (χ4v) is 2.17. The molecule has 1 N–H and O–H groups in total. The number of aliphatic hydroxyl groups excluding tert-OH is 1. The number of aromatic nitrogens is 1. The highest BCUT2D eigenvalue weighted by atomic mass is 19.1. The number of hydrogen-bond donors (Lipinski definition) is 1. The van der Waals surface area contributed by atoms with E-state index in [1.807, 2.05) is 0 Å². The van der Waals surface area contributed by atoms with Crippen LogP contribution in [0.2, 0.25) is 0 Å². The number of aliphatic hydroxyl groups is 1. The van der Waals surface area contributed by atoms with E-state index in [2.05, 4.69) is 23.7 Å². The molecule has 1 aliphatic heterocycles. The van der Waals surface area contributed by atoms with Crippen molar-refractivity contribution in [3.8, 4) is 0 Å². The molecule has 0 unspecified atom stereocenters. The minimum atomic E-state index is -0.397. The highest BCUT2D eigenvalue weighted by molar-refractivity contribution is 5.47. The average molecular weight is 224 g/mol. The van der Waals surface area contributed by atoms with E-state index >= 15 is 0 Å². The lowest BCUT2D eigenvalue weighted by Gasteiger charge is -2.22. The van der Waals surface area contributed by atoms with Crippen molar-refractivity contribution in [2.45, 2.75) is 26.9 Å². The molecule has 88 valence electrons. The predicted octanol–water partition coefficient (Wildman–Crippen LogP) is 1.95. The van der Waals surface area contributed by atoms with Crippen molar-refractivity contribution in [1.29, 1.82) is 0 Å². The third-order valence-electron chi connectivity index (χ3n) is 3.06. The van der Waals surface area contributed by atoms with Gasteiger partial charge in [-0.1, -0.05) is 13.8 Å². The summed E-state index contributed by atoms with van der Waals surface area (Å²) in [7, 11) is 0. The normalized spacial score (nSPS) is 19.1. The molecule has 1 fully saturated rings. The van der Waals surface area contributed by atoms with Crippen LogP contribution in [-0.2, 0) is 6.61 Å². The Morgan fingerprint density at radius 1 is 1.56 bits per heavy atom. The SMILES string of the molecule is CC1(C)CCN(c2ncc(F)cc2CO)C1. The van der Waals surface area contributed by atoms with Gasteiger partial charge in [0.15, 0.2) is 0 Å². The zero-order chi connectivity index (χ0) is 11.8. The minimum Gasteiger partial charge on any atom is -0.392 e. The van der Waals surface area contributed by atoms with Crippen LogP contribution in [0.1, 0.15) is 25.8 Å². The van der Waals surface area contributed by atoms with E-state index < -0.39 is 5.82 Å². The van der Waals surface area contributed by atoms with Crippen molar-refractivity contribution in [3.63, 3.8) is 0 Å². The number of halogens is 1. The Kier molecular flexibility index (Phi) is 2.84. The Labute approximate surface area is 94.9 Å². The van der Waals surface area contributed by atoms with Crippen molar-refractivity contribution in [3.05, 3.63) is 23.6 Å². The van der Waals surface area contributed by atoms with E-state index in [9.17, 15) is 9.50 Å². The van der Waals surface area contributed by atoms with Crippen LogP contribution in [0.3, 0.4) is 0 Å². The van der Waals surface area contributed by atoms with E-state index in [1.54, 1.807) is 0 Å². The number of rotatable bonds is 2. The molecule has 0 atom stereocenters. The Morgan fingerprint density at radius 2 is 2.31 bits per heavy atom. The van der Waals surface area contributed by atoms with Gasteiger partial charge in [0.2, 0.25) is 0 Å². The van der Waals surface area contributed by atoms with Crippen molar-refractivity contribution < 1.29 is 9.50 Å². The van der Waals surface area contributed by atoms with Gasteiger partial charge in [-0.25, -0.2) is 9.37 Å². The second-order valence-corrected chi connectivity index (χ2v) is 5.13. The molecular weight excluding hydrogens is 207 g/mol. The van der Waals surface area contributed by atoms with E-state index in [-0.39, 0.29) is 12.0 Å². The Morgan fingerprint density at radius 3 is 2.88 bits per heavy atom. The summed E-state index contributed by atoms with van der Waals surface area (Å²) >= 11 is 0. The molecule has 0 aliphatic carbocycles. The van der Waals surface area contributed by atoms with Crippen LogP contribution >= 0.6 is 0 Å². The van der Waals surface area contributed by atoms with Gasteiger partial charge in [0.1, 0.15) is 11.6 Å². The Hall–Kier alpha value is -1.16. The molecule has 0 aromatic carbocycles. The predicted molar refractivity (Wildman–Crippen MR) is 60.7 cm³/mol. The molecule has 2 heterocycles. The maximum absolute atomic E-state index is 13.0. The summed E-state index contributed by atoms with van der Waals surface area (Å²) in [5.74, 6) is 0.320. The standard InChI is InChI=1S/C12H17FN2O/c1-12(2)3-4-15(8-12)11-9(7-16)5-10(13)6-14-11/h5-6,16H,3-4,7-8H2,1-2H3. The lowest BCUT2D eigenvalue weighted by atomic mass is 9.93. The van der Waals surface area contributed by atoms with Crippen molar-refractivity contribution >= 4 is 5.82 Å². The molecule has 0 spiro atoms. The van der Waals surface area contributed by atoms with Gasteiger partial charge in [-0.3, -0.25) is 0 Å². The molecule has 3 nitrogen and oxygen atoms in total. The molecule has 1 aromatic rings. The average Bonchev–Trinajstić information content (AvgIpc) is 2.58. The summed E-state index contributed by atoms with van der Waals surface area (Å²) in [6.45, 7) is 6.05. The van der Waals surface area contributed by atoms with Gasteiger partial charge < -0.3 is 10.0 Å². The summed E-state index contributed by atoms with van der Waals surface area (Å²) in [4.78, 5) is 6.20. The van der Waals surface area contributed by atoms with Crippen LogP contribution < -0.4 is 4.90 Å². The second-order valence-electron chi connectivity index (χ2n) is 5.13. The minimum absolute atomic E-state index is 0.170. The second kappa shape index (κ2) is 4.01. The van der Waals surface area contributed by atoms with E-state index in [1.165, 1.54) is 12.3 Å². The third-order valence-corrected chi connectivity index (χ3v) is 3.06. The monoisotopic (exact) mass is 224 g/mol. The summed E-state index contributed by atoms with van der Waals surface area (Å²) in [6, 6.07) is 1.35. The molecule has 4 heteroatoms. The van der Waals surface area contributed by atoms with Crippen molar-refractivity contribution in [2.24, 2.45) is 5.41 Å². The van der Waals surface area contributed by atoms with Crippen LogP contribution in [0.4, 0.5) is 10.2 Å². The van der Waals surface area contributed by atoms with Gasteiger partial charge in [0.25, 0.3) is 0 Å². The smallest absolute Gasteiger partial charge is 0.142 e. The van der Waals surface area contributed by atoms with Crippen LogP contribution in [0.15, 0.2) is 12.3 Å².